The van der Waals surface area contributed by atoms with Crippen molar-refractivity contribution in [2.45, 2.75) is 38.9 Å². The number of carbonyl (C=O) groups excluding carboxylic acids is 1. The minimum absolute atomic E-state index is 0.0183. The minimum Gasteiger partial charge on any atom is -0.338 e. The zero-order chi connectivity index (χ0) is 21.5. The van der Waals surface area contributed by atoms with Crippen molar-refractivity contribution in [1.82, 2.24) is 19.7 Å². The number of likely N-dealkylation sites (N-methyl/N-ethyl adjacent to an activating group) is 1. The highest BCUT2D eigenvalue weighted by Gasteiger charge is 2.36. The maximum absolute atomic E-state index is 13.4. The first-order valence-electron chi connectivity index (χ1n) is 10.9. The zero-order valence-electron chi connectivity index (χ0n) is 17.9. The second-order valence-electron chi connectivity index (χ2n) is 8.39. The van der Waals surface area contributed by atoms with Crippen LogP contribution in [0.2, 0.25) is 5.02 Å². The molecule has 0 spiro atoms. The Hall–Kier alpha value is -2.28. The molecule has 5 nitrogen and oxygen atoms in total. The Kier molecular flexibility index (Phi) is 5.54. The molecule has 3 aromatic rings. The molecule has 1 unspecified atom stereocenters. The van der Waals surface area contributed by atoms with Gasteiger partial charge in [0.2, 0.25) is 0 Å². The van der Waals surface area contributed by atoms with Gasteiger partial charge in [-0.15, -0.1) is 11.3 Å². The number of nitrogens with one attached hydrogen (secondary N) is 1. The van der Waals surface area contributed by atoms with Gasteiger partial charge in [-0.05, 0) is 55.3 Å². The molecule has 2 aliphatic rings. The molecule has 1 aromatic carbocycles. The van der Waals surface area contributed by atoms with E-state index in [0.29, 0.717) is 18.1 Å². The van der Waals surface area contributed by atoms with E-state index in [0.717, 1.165) is 37.2 Å². The molecule has 2 aliphatic heterocycles. The van der Waals surface area contributed by atoms with Gasteiger partial charge in [0.15, 0.2) is 0 Å². The molecule has 31 heavy (non-hydrogen) atoms. The van der Waals surface area contributed by atoms with Crippen LogP contribution in [0.15, 0.2) is 42.6 Å². The molecular formula is C24H27ClN4OS. The molecule has 0 saturated carbocycles. The monoisotopic (exact) mass is 454 g/mol. The van der Waals surface area contributed by atoms with Gasteiger partial charge in [-0.2, -0.15) is 0 Å². The number of halogens is 1. The molecule has 4 heterocycles. The lowest BCUT2D eigenvalue weighted by Crippen LogP contribution is -2.42. The quantitative estimate of drug-likeness (QED) is 0.590. The Morgan fingerprint density at radius 3 is 2.77 bits per heavy atom. The van der Waals surface area contributed by atoms with Gasteiger partial charge < -0.3 is 19.7 Å². The van der Waals surface area contributed by atoms with Crippen LogP contribution in [-0.2, 0) is 19.5 Å². The van der Waals surface area contributed by atoms with Crippen LogP contribution < -0.4 is 5.32 Å². The number of fused-ring (bicyclic) bond motifs is 5. The van der Waals surface area contributed by atoms with Crippen molar-refractivity contribution in [2.75, 3.05) is 20.1 Å². The number of amides is 2. The van der Waals surface area contributed by atoms with Crippen LogP contribution in [0.5, 0.6) is 0 Å². The maximum Gasteiger partial charge on any atom is 0.318 e. The van der Waals surface area contributed by atoms with Crippen LogP contribution in [0.4, 0.5) is 4.79 Å². The van der Waals surface area contributed by atoms with Crippen molar-refractivity contribution in [3.05, 3.63) is 74.9 Å². The zero-order valence-corrected chi connectivity index (χ0v) is 19.5. The van der Waals surface area contributed by atoms with Gasteiger partial charge in [-0.3, -0.25) is 0 Å². The number of urea groups is 1. The number of thiophene rings is 1. The molecule has 7 heteroatoms. The van der Waals surface area contributed by atoms with E-state index in [1.165, 1.54) is 21.0 Å². The molecule has 0 radical (unpaired) electrons. The van der Waals surface area contributed by atoms with Crippen LogP contribution in [0.3, 0.4) is 0 Å². The third kappa shape index (κ3) is 3.67. The van der Waals surface area contributed by atoms with Crippen molar-refractivity contribution in [1.29, 1.82) is 0 Å². The average Bonchev–Trinajstić information content (AvgIpc) is 3.34. The van der Waals surface area contributed by atoms with Crippen LogP contribution in [0.1, 0.15) is 46.6 Å². The van der Waals surface area contributed by atoms with Crippen LogP contribution >= 0.6 is 22.9 Å². The summed E-state index contributed by atoms with van der Waals surface area (Å²) in [4.78, 5) is 19.2. The van der Waals surface area contributed by atoms with Gasteiger partial charge in [0.1, 0.15) is 5.00 Å². The van der Waals surface area contributed by atoms with E-state index in [1.54, 1.807) is 0 Å². The van der Waals surface area contributed by atoms with Crippen molar-refractivity contribution in [2.24, 2.45) is 0 Å². The van der Waals surface area contributed by atoms with Gasteiger partial charge in [0.05, 0.1) is 18.3 Å². The summed E-state index contributed by atoms with van der Waals surface area (Å²) in [5.41, 5.74) is 4.91. The number of hydrogen-bond acceptors (Lipinski definition) is 3. The van der Waals surface area contributed by atoms with E-state index in [1.807, 2.05) is 40.5 Å². The molecule has 0 saturated heterocycles. The molecule has 5 rings (SSSR count). The highest BCUT2D eigenvalue weighted by molar-refractivity contribution is 7.15. The van der Waals surface area contributed by atoms with Gasteiger partial charge in [-0.25, -0.2) is 4.79 Å². The topological polar surface area (TPSA) is 40.5 Å². The summed E-state index contributed by atoms with van der Waals surface area (Å²) >= 11 is 8.05. The van der Waals surface area contributed by atoms with Gasteiger partial charge in [0, 0.05) is 41.3 Å². The molecule has 2 aromatic heterocycles. The summed E-state index contributed by atoms with van der Waals surface area (Å²) in [5, 5.41) is 5.08. The second-order valence-corrected chi connectivity index (χ2v) is 9.91. The molecule has 162 valence electrons. The van der Waals surface area contributed by atoms with Crippen LogP contribution in [0.25, 0.3) is 5.00 Å². The van der Waals surface area contributed by atoms with Crippen LogP contribution in [0, 0.1) is 0 Å². The Balaban J connectivity index is 1.67. The fourth-order valence-electron chi connectivity index (χ4n) is 4.68. The normalized spacial score (nSPS) is 18.2. The van der Waals surface area contributed by atoms with E-state index >= 15 is 0 Å². The first kappa shape index (κ1) is 20.6. The van der Waals surface area contributed by atoms with E-state index in [9.17, 15) is 4.79 Å². The Morgan fingerprint density at radius 1 is 1.19 bits per heavy atom. The molecular weight excluding hydrogens is 428 g/mol. The van der Waals surface area contributed by atoms with Gasteiger partial charge >= 0.3 is 6.03 Å². The molecule has 1 atom stereocenters. The summed E-state index contributed by atoms with van der Waals surface area (Å²) in [7, 11) is 2.18. The second kappa shape index (κ2) is 8.34. The number of carbonyl (C=O) groups is 1. The van der Waals surface area contributed by atoms with Crippen molar-refractivity contribution in [3.8, 4) is 5.00 Å². The number of nitrogens with zero attached hydrogens (tertiary/aromatic N) is 3. The Labute approximate surface area is 192 Å². The molecule has 2 amide bonds. The third-order valence-corrected chi connectivity index (χ3v) is 7.74. The molecule has 1 N–H and O–H groups in total. The highest BCUT2D eigenvalue weighted by atomic mass is 35.5. The highest BCUT2D eigenvalue weighted by Crippen LogP contribution is 2.43. The summed E-state index contributed by atoms with van der Waals surface area (Å²) in [6.45, 7) is 5.39. The predicted octanol–water partition coefficient (Wildman–Crippen LogP) is 5.20. The predicted molar refractivity (Wildman–Crippen MR) is 126 cm³/mol. The minimum atomic E-state index is -0.175. The summed E-state index contributed by atoms with van der Waals surface area (Å²) < 4.78 is 2.30. The molecule has 0 aliphatic carbocycles. The van der Waals surface area contributed by atoms with Crippen molar-refractivity contribution < 1.29 is 4.79 Å². The SMILES string of the molecule is CCCNC(=O)N1Cc2c(sc3c2CCN(C)C3)-n2cccc2C1c1ccc(Cl)cc1. The van der Waals surface area contributed by atoms with Gasteiger partial charge in [-0.1, -0.05) is 30.7 Å². The van der Waals surface area contributed by atoms with E-state index < -0.39 is 0 Å². The largest absolute Gasteiger partial charge is 0.338 e. The summed E-state index contributed by atoms with van der Waals surface area (Å²) in [5.74, 6) is 0. The Morgan fingerprint density at radius 2 is 2.00 bits per heavy atom. The standard InChI is InChI=1S/C24H27ClN4OS/c1-3-11-26-24(30)29-14-19-18-10-13-27(2)15-21(18)31-23(19)28-12-4-5-20(28)22(29)16-6-8-17(25)9-7-16/h4-9,12,22H,3,10-11,13-15H2,1-2H3,(H,26,30). The van der Waals surface area contributed by atoms with Crippen molar-refractivity contribution in [3.63, 3.8) is 0 Å². The molecule has 0 bridgehead atoms. The van der Waals surface area contributed by atoms with E-state index in [-0.39, 0.29) is 12.1 Å². The lowest BCUT2D eigenvalue weighted by Gasteiger charge is -2.32. The van der Waals surface area contributed by atoms with E-state index in [4.69, 9.17) is 11.6 Å². The number of benzene rings is 1. The third-order valence-electron chi connectivity index (χ3n) is 6.23. The maximum atomic E-state index is 13.4. The summed E-state index contributed by atoms with van der Waals surface area (Å²) in [6, 6.07) is 11.9. The fourth-order valence-corrected chi connectivity index (χ4v) is 6.25. The number of rotatable bonds is 3. The molecule has 0 fully saturated rings. The van der Waals surface area contributed by atoms with Gasteiger partial charge in [0.25, 0.3) is 0 Å². The number of hydrogen-bond donors (Lipinski definition) is 1. The Bertz CT molecular complexity index is 1100. The lowest BCUT2D eigenvalue weighted by molar-refractivity contribution is 0.180. The first-order chi connectivity index (χ1) is 15.1. The van der Waals surface area contributed by atoms with E-state index in [2.05, 4.69) is 47.1 Å². The number of aromatic nitrogens is 1. The summed E-state index contributed by atoms with van der Waals surface area (Å²) in [6.07, 6.45) is 4.08. The van der Waals surface area contributed by atoms with Crippen molar-refractivity contribution >= 4 is 29.0 Å². The fraction of sp³-hybridized carbons (Fsp3) is 0.375. The van der Waals surface area contributed by atoms with Crippen LogP contribution in [-0.4, -0.2) is 40.5 Å². The lowest BCUT2D eigenvalue weighted by atomic mass is 10.0. The smallest absolute Gasteiger partial charge is 0.318 e. The first-order valence-corrected chi connectivity index (χ1v) is 12.1. The average molecular weight is 455 g/mol.